The first-order valence-electron chi connectivity index (χ1n) is 8.89. The Morgan fingerprint density at radius 2 is 2.07 bits per heavy atom. The number of carbonyl (C=O) groups is 1. The van der Waals surface area contributed by atoms with E-state index >= 15 is 0 Å². The molecule has 0 unspecified atom stereocenters. The molecule has 8 nitrogen and oxygen atoms in total. The van der Waals surface area contributed by atoms with E-state index in [2.05, 4.69) is 34.3 Å². The Bertz CT molecular complexity index is 875. The average Bonchev–Trinajstić information content (AvgIpc) is 3.08. The smallest absolute Gasteiger partial charge is 0.244 e. The Morgan fingerprint density at radius 3 is 2.70 bits per heavy atom. The topological polar surface area (TPSA) is 105 Å². The molecule has 1 amide bonds. The normalized spacial score (nSPS) is 16.6. The highest BCUT2D eigenvalue weighted by atomic mass is 32.2. The molecule has 2 aromatic heterocycles. The van der Waals surface area contributed by atoms with Crippen molar-refractivity contribution in [2.75, 3.05) is 18.4 Å². The molecule has 0 bridgehead atoms. The molecular formula is C17H23N5O3S2. The first-order valence-corrected chi connectivity index (χ1v) is 11.2. The fourth-order valence-electron chi connectivity index (χ4n) is 2.95. The third kappa shape index (κ3) is 4.88. The molecule has 10 heteroatoms. The summed E-state index contributed by atoms with van der Waals surface area (Å²) in [5.74, 6) is 0.121. The minimum Gasteiger partial charge on any atom is -0.300 e. The summed E-state index contributed by atoms with van der Waals surface area (Å²) < 4.78 is 26.6. The first-order chi connectivity index (χ1) is 12.9. The first kappa shape index (κ1) is 19.8. The molecule has 1 fully saturated rings. The lowest BCUT2D eigenvalue weighted by molar-refractivity contribution is -0.120. The number of piperidine rings is 1. The van der Waals surface area contributed by atoms with Crippen LogP contribution < -0.4 is 5.32 Å². The van der Waals surface area contributed by atoms with Gasteiger partial charge in [-0.25, -0.2) is 8.42 Å². The maximum Gasteiger partial charge on any atom is 0.244 e. The number of sulfonamides is 1. The molecule has 0 spiro atoms. The van der Waals surface area contributed by atoms with Crippen molar-refractivity contribution < 1.29 is 13.2 Å². The zero-order valence-corrected chi connectivity index (χ0v) is 17.0. The fourth-order valence-corrected chi connectivity index (χ4v) is 5.34. The van der Waals surface area contributed by atoms with Gasteiger partial charge in [0.05, 0.1) is 0 Å². The number of carbonyl (C=O) groups excluding carboxylic acids is 1. The van der Waals surface area contributed by atoms with E-state index in [0.29, 0.717) is 37.0 Å². The summed E-state index contributed by atoms with van der Waals surface area (Å²) in [6.45, 7) is 4.83. The van der Waals surface area contributed by atoms with Gasteiger partial charge in [0.25, 0.3) is 0 Å². The Hall–Kier alpha value is -1.91. The van der Waals surface area contributed by atoms with Crippen LogP contribution in [0.4, 0.5) is 5.13 Å². The number of pyridine rings is 1. The highest BCUT2D eigenvalue weighted by molar-refractivity contribution is 7.89. The second-order valence-corrected chi connectivity index (χ2v) is 9.96. The molecule has 1 aliphatic heterocycles. The second kappa shape index (κ2) is 8.41. The molecule has 3 rings (SSSR count). The molecule has 0 atom stereocenters. The molecular weight excluding hydrogens is 386 g/mol. The number of hydrogen-bond donors (Lipinski definition) is 1. The number of nitrogens with zero attached hydrogens (tertiary/aromatic N) is 4. The Labute approximate surface area is 163 Å². The van der Waals surface area contributed by atoms with Gasteiger partial charge in [-0.05, 0) is 30.9 Å². The number of rotatable bonds is 6. The molecule has 1 N–H and O–H groups in total. The summed E-state index contributed by atoms with van der Waals surface area (Å²) >= 11 is 1.39. The lowest BCUT2D eigenvalue weighted by Gasteiger charge is -2.30. The average molecular weight is 410 g/mol. The summed E-state index contributed by atoms with van der Waals surface area (Å²) in [5, 5.41) is 12.3. The summed E-state index contributed by atoms with van der Waals surface area (Å²) in [4.78, 5) is 16.5. The largest absolute Gasteiger partial charge is 0.300 e. The minimum absolute atomic E-state index is 0.124. The summed E-state index contributed by atoms with van der Waals surface area (Å²) in [7, 11) is -3.56. The van der Waals surface area contributed by atoms with Gasteiger partial charge in [-0.15, -0.1) is 10.2 Å². The van der Waals surface area contributed by atoms with Gasteiger partial charge in [0.2, 0.25) is 21.1 Å². The zero-order valence-electron chi connectivity index (χ0n) is 15.3. The fraction of sp³-hybridized carbons (Fsp3) is 0.529. The predicted octanol–water partition coefficient (Wildman–Crippen LogP) is 2.17. The number of anilines is 1. The maximum absolute atomic E-state index is 12.6. The highest BCUT2D eigenvalue weighted by Crippen LogP contribution is 2.25. The van der Waals surface area contributed by atoms with E-state index in [1.54, 1.807) is 6.07 Å². The van der Waals surface area contributed by atoms with Crippen LogP contribution in [0.2, 0.25) is 0 Å². The van der Waals surface area contributed by atoms with Crippen LogP contribution in [0.5, 0.6) is 0 Å². The minimum atomic E-state index is -3.56. The van der Waals surface area contributed by atoms with Crippen LogP contribution in [0.15, 0.2) is 29.4 Å². The van der Waals surface area contributed by atoms with Crippen molar-refractivity contribution in [3.63, 3.8) is 0 Å². The molecule has 1 saturated heterocycles. The Balaban J connectivity index is 1.56. The van der Waals surface area contributed by atoms with E-state index in [1.807, 2.05) is 0 Å². The molecule has 2 aromatic rings. The molecule has 27 heavy (non-hydrogen) atoms. The van der Waals surface area contributed by atoms with Gasteiger partial charge in [-0.2, -0.15) is 4.31 Å². The molecule has 0 aromatic carbocycles. The molecule has 146 valence electrons. The van der Waals surface area contributed by atoms with Crippen LogP contribution in [0.25, 0.3) is 0 Å². The van der Waals surface area contributed by atoms with Crippen LogP contribution >= 0.6 is 11.3 Å². The summed E-state index contributed by atoms with van der Waals surface area (Å²) in [6, 6.07) is 3.13. The van der Waals surface area contributed by atoms with Gasteiger partial charge in [-0.1, -0.05) is 25.2 Å². The third-order valence-electron chi connectivity index (χ3n) is 4.38. The lowest BCUT2D eigenvalue weighted by atomic mass is 9.97. The molecule has 0 aliphatic carbocycles. The van der Waals surface area contributed by atoms with E-state index in [4.69, 9.17) is 0 Å². The van der Waals surface area contributed by atoms with Gasteiger partial charge in [0.15, 0.2) is 0 Å². The second-order valence-electron chi connectivity index (χ2n) is 6.96. The molecule has 0 radical (unpaired) electrons. The lowest BCUT2D eigenvalue weighted by Crippen LogP contribution is -2.41. The Morgan fingerprint density at radius 1 is 1.33 bits per heavy atom. The molecule has 1 aliphatic rings. The Kier molecular flexibility index (Phi) is 6.18. The standard InChI is InChI=1S/C17H23N5O3S2/c1-12(2)10-15-20-21-17(26-15)19-16(23)13-5-8-22(9-6-13)27(24,25)14-4-3-7-18-11-14/h3-4,7,11-13H,5-6,8-10H2,1-2H3,(H,19,21,23). The monoisotopic (exact) mass is 409 g/mol. The van der Waals surface area contributed by atoms with Crippen molar-refractivity contribution in [2.24, 2.45) is 11.8 Å². The van der Waals surface area contributed by atoms with E-state index < -0.39 is 10.0 Å². The van der Waals surface area contributed by atoms with E-state index in [-0.39, 0.29) is 16.7 Å². The van der Waals surface area contributed by atoms with Gasteiger partial charge >= 0.3 is 0 Å². The van der Waals surface area contributed by atoms with Crippen molar-refractivity contribution in [2.45, 2.75) is 38.0 Å². The van der Waals surface area contributed by atoms with Crippen LogP contribution in [-0.2, 0) is 21.2 Å². The van der Waals surface area contributed by atoms with Crippen molar-refractivity contribution in [1.82, 2.24) is 19.5 Å². The van der Waals surface area contributed by atoms with Gasteiger partial charge < -0.3 is 5.32 Å². The van der Waals surface area contributed by atoms with Crippen molar-refractivity contribution in [3.8, 4) is 0 Å². The number of aromatic nitrogens is 3. The highest BCUT2D eigenvalue weighted by Gasteiger charge is 2.32. The van der Waals surface area contributed by atoms with Crippen LogP contribution in [0.3, 0.4) is 0 Å². The van der Waals surface area contributed by atoms with Gasteiger partial charge in [0, 0.05) is 37.8 Å². The molecule has 3 heterocycles. The van der Waals surface area contributed by atoms with Crippen molar-refractivity contribution in [1.29, 1.82) is 0 Å². The van der Waals surface area contributed by atoms with E-state index in [1.165, 1.54) is 34.1 Å². The zero-order chi connectivity index (χ0) is 19.4. The van der Waals surface area contributed by atoms with Gasteiger partial charge in [-0.3, -0.25) is 9.78 Å². The summed E-state index contributed by atoms with van der Waals surface area (Å²) in [5.41, 5.74) is 0. The van der Waals surface area contributed by atoms with Crippen LogP contribution in [0.1, 0.15) is 31.7 Å². The van der Waals surface area contributed by atoms with Crippen molar-refractivity contribution in [3.05, 3.63) is 29.5 Å². The van der Waals surface area contributed by atoms with E-state index in [0.717, 1.165) is 11.4 Å². The predicted molar refractivity (Wildman–Crippen MR) is 103 cm³/mol. The number of nitrogens with one attached hydrogen (secondary N) is 1. The summed E-state index contributed by atoms with van der Waals surface area (Å²) in [6.07, 6.45) is 4.66. The molecule has 0 saturated carbocycles. The SMILES string of the molecule is CC(C)Cc1nnc(NC(=O)C2CCN(S(=O)(=O)c3cccnc3)CC2)s1. The van der Waals surface area contributed by atoms with Crippen LogP contribution in [-0.4, -0.2) is 46.9 Å². The number of amides is 1. The quantitative estimate of drug-likeness (QED) is 0.784. The number of hydrogen-bond acceptors (Lipinski definition) is 7. The van der Waals surface area contributed by atoms with Crippen molar-refractivity contribution >= 4 is 32.4 Å². The maximum atomic E-state index is 12.6. The van der Waals surface area contributed by atoms with E-state index in [9.17, 15) is 13.2 Å². The van der Waals surface area contributed by atoms with Gasteiger partial charge in [0.1, 0.15) is 9.90 Å². The van der Waals surface area contributed by atoms with Crippen LogP contribution in [0, 0.1) is 11.8 Å². The third-order valence-corrected chi connectivity index (χ3v) is 7.12.